The summed E-state index contributed by atoms with van der Waals surface area (Å²) in [7, 11) is 1.51. The number of aromatic nitrogens is 3. The molecule has 3 rings (SSSR count). The van der Waals surface area contributed by atoms with E-state index in [0.717, 1.165) is 4.52 Å². The summed E-state index contributed by atoms with van der Waals surface area (Å²) in [6.07, 6.45) is 0. The van der Waals surface area contributed by atoms with Gasteiger partial charge in [0.25, 0.3) is 11.5 Å². The molecule has 0 radical (unpaired) electrons. The molecule has 22 heavy (non-hydrogen) atoms. The van der Waals surface area contributed by atoms with Gasteiger partial charge in [0.1, 0.15) is 11.4 Å². The molecule has 0 saturated carbocycles. The van der Waals surface area contributed by atoms with Crippen LogP contribution in [0.3, 0.4) is 0 Å². The molecule has 0 spiro atoms. The lowest BCUT2D eigenvalue weighted by atomic mass is 10.2. The first-order valence-corrected chi connectivity index (χ1v) is 6.52. The van der Waals surface area contributed by atoms with E-state index in [0.29, 0.717) is 13.2 Å². The first-order chi connectivity index (χ1) is 10.5. The molecular formula is C12H13N5O5. The van der Waals surface area contributed by atoms with Gasteiger partial charge in [0, 0.05) is 13.7 Å². The molecule has 3 heterocycles. The van der Waals surface area contributed by atoms with Crippen LogP contribution in [0.25, 0.3) is 5.65 Å². The number of nitrogens with one attached hydrogen (secondary N) is 1. The highest BCUT2D eigenvalue weighted by atomic mass is 16.6. The van der Waals surface area contributed by atoms with Gasteiger partial charge in [-0.25, -0.2) is 4.98 Å². The predicted octanol–water partition coefficient (Wildman–Crippen LogP) is -0.159. The van der Waals surface area contributed by atoms with Crippen molar-refractivity contribution < 1.29 is 14.5 Å². The Bertz CT molecular complexity index is 852. The highest BCUT2D eigenvalue weighted by molar-refractivity contribution is 5.97. The van der Waals surface area contributed by atoms with Crippen molar-refractivity contribution in [1.29, 1.82) is 0 Å². The second kappa shape index (κ2) is 4.91. The van der Waals surface area contributed by atoms with Crippen LogP contribution < -0.4 is 5.56 Å². The van der Waals surface area contributed by atoms with E-state index < -0.39 is 16.4 Å². The second-order valence-corrected chi connectivity index (χ2v) is 4.97. The summed E-state index contributed by atoms with van der Waals surface area (Å²) in [4.78, 5) is 40.7. The Kier molecular flexibility index (Phi) is 3.17. The zero-order chi connectivity index (χ0) is 16.0. The molecule has 0 bridgehead atoms. The predicted molar refractivity (Wildman–Crippen MR) is 73.8 cm³/mol. The van der Waals surface area contributed by atoms with E-state index in [1.165, 1.54) is 18.9 Å². The third-order valence-electron chi connectivity index (χ3n) is 3.61. The van der Waals surface area contributed by atoms with Crippen molar-refractivity contribution in [3.05, 3.63) is 37.4 Å². The third-order valence-corrected chi connectivity index (χ3v) is 3.61. The van der Waals surface area contributed by atoms with Crippen molar-refractivity contribution in [3.8, 4) is 0 Å². The number of fused-ring (bicyclic) bond motifs is 2. The highest BCUT2D eigenvalue weighted by Crippen LogP contribution is 2.24. The molecule has 1 aliphatic heterocycles. The summed E-state index contributed by atoms with van der Waals surface area (Å²) in [5.74, 6) is -0.417. The fourth-order valence-corrected chi connectivity index (χ4v) is 2.54. The van der Waals surface area contributed by atoms with Crippen molar-refractivity contribution in [2.75, 3.05) is 20.3 Å². The van der Waals surface area contributed by atoms with Crippen LogP contribution in [0.1, 0.15) is 21.7 Å². The molecule has 10 nitrogen and oxygen atoms in total. The molecule has 116 valence electrons. The minimum Gasteiger partial charge on any atom is -0.383 e. The lowest BCUT2D eigenvalue weighted by Crippen LogP contribution is -2.28. The number of nitrogens with zero attached hydrogens (tertiary/aromatic N) is 4. The molecule has 10 heteroatoms. The Morgan fingerprint density at radius 1 is 1.45 bits per heavy atom. The topological polar surface area (TPSA) is 123 Å². The van der Waals surface area contributed by atoms with Crippen LogP contribution in [0.5, 0.6) is 0 Å². The van der Waals surface area contributed by atoms with Crippen molar-refractivity contribution in [3.63, 3.8) is 0 Å². The van der Waals surface area contributed by atoms with E-state index in [2.05, 4.69) is 10.1 Å². The number of ether oxygens (including phenoxy) is 1. The molecule has 0 aliphatic carbocycles. The number of amides is 1. The lowest BCUT2D eigenvalue weighted by molar-refractivity contribution is -0.383. The smallest absolute Gasteiger partial charge is 0.333 e. The molecule has 1 aliphatic rings. The van der Waals surface area contributed by atoms with Gasteiger partial charge in [-0.2, -0.15) is 4.52 Å². The van der Waals surface area contributed by atoms with Crippen molar-refractivity contribution >= 4 is 17.2 Å². The van der Waals surface area contributed by atoms with E-state index in [1.807, 2.05) is 0 Å². The fourth-order valence-electron chi connectivity index (χ4n) is 2.54. The van der Waals surface area contributed by atoms with Crippen molar-refractivity contribution in [2.24, 2.45) is 0 Å². The molecule has 0 saturated heterocycles. The number of nitro groups is 1. The van der Waals surface area contributed by atoms with Crippen LogP contribution in [0.4, 0.5) is 5.69 Å². The van der Waals surface area contributed by atoms with Crippen molar-refractivity contribution in [1.82, 2.24) is 19.5 Å². The molecule has 1 amide bonds. The Labute approximate surface area is 123 Å². The SMILES string of the molecule is COCCN1Cc2c(nc3c([N+](=O)[O-])c(C)[nH]n3c2=O)C1=O. The second-order valence-electron chi connectivity index (χ2n) is 4.97. The molecule has 1 N–H and O–H groups in total. The van der Waals surface area contributed by atoms with E-state index in [4.69, 9.17) is 4.74 Å². The summed E-state index contributed by atoms with van der Waals surface area (Å²) in [6, 6.07) is 0. The van der Waals surface area contributed by atoms with Gasteiger partial charge in [0.05, 0.1) is 23.6 Å². The summed E-state index contributed by atoms with van der Waals surface area (Å²) in [5.41, 5.74) is -0.527. The Hall–Kier alpha value is -2.75. The third kappa shape index (κ3) is 1.88. The molecule has 0 fully saturated rings. The standard InChI is InChI=1S/C12H13N5O5/c1-6-9(17(20)21)10-13-8-7(11(18)16(10)14-6)5-15(12(8)19)3-4-22-2/h14H,3-5H2,1-2H3. The molecule has 2 aromatic heterocycles. The summed E-state index contributed by atoms with van der Waals surface area (Å²) >= 11 is 0. The van der Waals surface area contributed by atoms with Gasteiger partial charge < -0.3 is 9.64 Å². The maximum atomic E-state index is 12.4. The number of H-pyrrole nitrogens is 1. The van der Waals surface area contributed by atoms with E-state index in [9.17, 15) is 19.7 Å². The van der Waals surface area contributed by atoms with Crippen LogP contribution >= 0.6 is 0 Å². The quantitative estimate of drug-likeness (QED) is 0.618. The number of carbonyl (C=O) groups excluding carboxylic acids is 1. The number of aromatic amines is 1. The number of hydrogen-bond acceptors (Lipinski definition) is 6. The maximum Gasteiger partial charge on any atom is 0.333 e. The van der Waals surface area contributed by atoms with Gasteiger partial charge in [-0.1, -0.05) is 0 Å². The Morgan fingerprint density at radius 2 is 2.18 bits per heavy atom. The van der Waals surface area contributed by atoms with Gasteiger partial charge in [0.2, 0.25) is 5.65 Å². The highest BCUT2D eigenvalue weighted by Gasteiger charge is 2.34. The molecular weight excluding hydrogens is 294 g/mol. The maximum absolute atomic E-state index is 12.4. The Morgan fingerprint density at radius 3 is 2.82 bits per heavy atom. The number of carbonyl (C=O) groups is 1. The summed E-state index contributed by atoms with van der Waals surface area (Å²) in [5, 5.41) is 13.7. The van der Waals surface area contributed by atoms with Crippen LogP contribution in [-0.2, 0) is 11.3 Å². The van der Waals surface area contributed by atoms with Gasteiger partial charge >= 0.3 is 5.69 Å². The average Bonchev–Trinajstić information content (AvgIpc) is 2.96. The minimum absolute atomic E-state index is 0.0248. The lowest BCUT2D eigenvalue weighted by Gasteiger charge is -2.13. The molecule has 2 aromatic rings. The first-order valence-electron chi connectivity index (χ1n) is 6.52. The number of hydrogen-bond donors (Lipinski definition) is 1. The zero-order valence-corrected chi connectivity index (χ0v) is 12.0. The number of methoxy groups -OCH3 is 1. The van der Waals surface area contributed by atoms with Crippen molar-refractivity contribution in [2.45, 2.75) is 13.5 Å². The van der Waals surface area contributed by atoms with E-state index >= 15 is 0 Å². The van der Waals surface area contributed by atoms with Crippen LogP contribution in [0.2, 0.25) is 0 Å². The Balaban J connectivity index is 2.18. The first kappa shape index (κ1) is 14.2. The fraction of sp³-hybridized carbons (Fsp3) is 0.417. The molecule has 0 aromatic carbocycles. The largest absolute Gasteiger partial charge is 0.383 e. The number of rotatable bonds is 4. The number of aryl methyl sites for hydroxylation is 1. The van der Waals surface area contributed by atoms with Gasteiger partial charge in [-0.3, -0.25) is 24.8 Å². The normalized spacial score (nSPS) is 13.9. The molecule has 0 unspecified atom stereocenters. The van der Waals surface area contributed by atoms with E-state index in [1.54, 1.807) is 0 Å². The summed E-state index contributed by atoms with van der Waals surface area (Å²) < 4.78 is 5.93. The van der Waals surface area contributed by atoms with Gasteiger partial charge in [0.15, 0.2) is 0 Å². The minimum atomic E-state index is -0.623. The van der Waals surface area contributed by atoms with E-state index in [-0.39, 0.29) is 34.8 Å². The average molecular weight is 307 g/mol. The van der Waals surface area contributed by atoms with Crippen LogP contribution in [-0.4, -0.2) is 50.6 Å². The van der Waals surface area contributed by atoms with Crippen LogP contribution in [0.15, 0.2) is 4.79 Å². The molecule has 0 atom stereocenters. The monoisotopic (exact) mass is 307 g/mol. The van der Waals surface area contributed by atoms with Gasteiger partial charge in [-0.15, -0.1) is 0 Å². The van der Waals surface area contributed by atoms with Crippen LogP contribution in [0, 0.1) is 17.0 Å². The van der Waals surface area contributed by atoms with Gasteiger partial charge in [-0.05, 0) is 6.92 Å². The zero-order valence-electron chi connectivity index (χ0n) is 12.0. The summed E-state index contributed by atoms with van der Waals surface area (Å²) in [6.45, 7) is 2.26.